The zero-order valence-electron chi connectivity index (χ0n) is 16.1. The third-order valence-corrected chi connectivity index (χ3v) is 4.04. The van der Waals surface area contributed by atoms with Gasteiger partial charge in [-0.1, -0.05) is 25.1 Å². The molecular weight excluding hydrogens is 362 g/mol. The Morgan fingerprint density at radius 3 is 2.57 bits per heavy atom. The Kier molecular flexibility index (Phi) is 7.56. The summed E-state index contributed by atoms with van der Waals surface area (Å²) in [6, 6.07) is 10.3. The second-order valence-corrected chi connectivity index (χ2v) is 5.99. The van der Waals surface area contributed by atoms with Gasteiger partial charge in [-0.15, -0.1) is 0 Å². The molecule has 0 saturated heterocycles. The number of hydrogen-bond donors (Lipinski definition) is 1. The molecule has 0 saturated carbocycles. The van der Waals surface area contributed by atoms with Crippen LogP contribution in [0.25, 0.3) is 0 Å². The largest absolute Gasteiger partial charge is 0.493 e. The Morgan fingerprint density at radius 1 is 1.11 bits per heavy atom. The maximum Gasteiger partial charge on any atom is 0.344 e. The normalized spacial score (nSPS) is 10.1. The molecule has 0 bridgehead atoms. The van der Waals surface area contributed by atoms with Crippen molar-refractivity contribution in [3.8, 4) is 11.5 Å². The lowest BCUT2D eigenvalue weighted by molar-refractivity contribution is -0.149. The summed E-state index contributed by atoms with van der Waals surface area (Å²) in [5.41, 5.74) is 3.11. The number of benzene rings is 2. The first kappa shape index (κ1) is 21.0. The first-order valence-electron chi connectivity index (χ1n) is 8.78. The monoisotopic (exact) mass is 385 g/mol. The van der Waals surface area contributed by atoms with E-state index in [0.717, 1.165) is 23.2 Å². The van der Waals surface area contributed by atoms with Crippen LogP contribution in [0.5, 0.6) is 11.5 Å². The topological polar surface area (TPSA) is 90.9 Å². The van der Waals surface area contributed by atoms with Crippen LogP contribution in [0.15, 0.2) is 36.4 Å². The Hall–Kier alpha value is -3.35. The van der Waals surface area contributed by atoms with Gasteiger partial charge in [-0.05, 0) is 42.7 Å². The highest BCUT2D eigenvalue weighted by molar-refractivity contribution is 5.94. The van der Waals surface area contributed by atoms with E-state index in [-0.39, 0.29) is 0 Å². The molecule has 0 aliphatic heterocycles. The Balaban J connectivity index is 1.86. The number of methoxy groups -OCH3 is 1. The molecule has 0 atom stereocenters. The van der Waals surface area contributed by atoms with Crippen molar-refractivity contribution in [3.63, 3.8) is 0 Å². The minimum atomic E-state index is -0.697. The van der Waals surface area contributed by atoms with E-state index in [2.05, 4.69) is 5.32 Å². The van der Waals surface area contributed by atoms with E-state index < -0.39 is 25.1 Å². The number of rotatable bonds is 9. The van der Waals surface area contributed by atoms with Crippen LogP contribution in [0.3, 0.4) is 0 Å². The SMILES string of the molecule is CCc1cccc(C)c1NC(=O)COC(=O)COc1ccc(C=O)cc1OC. The summed E-state index contributed by atoms with van der Waals surface area (Å²) in [6.07, 6.45) is 1.45. The van der Waals surface area contributed by atoms with E-state index >= 15 is 0 Å². The van der Waals surface area contributed by atoms with Gasteiger partial charge >= 0.3 is 5.97 Å². The molecule has 28 heavy (non-hydrogen) atoms. The predicted octanol–water partition coefficient (Wildman–Crippen LogP) is 2.94. The average Bonchev–Trinajstić information content (AvgIpc) is 2.71. The first-order chi connectivity index (χ1) is 13.5. The molecule has 0 fully saturated rings. The molecule has 2 aromatic rings. The molecule has 7 nitrogen and oxygen atoms in total. The van der Waals surface area contributed by atoms with Gasteiger partial charge in [0.15, 0.2) is 24.7 Å². The number of esters is 1. The van der Waals surface area contributed by atoms with Crippen molar-refractivity contribution in [1.29, 1.82) is 0 Å². The molecule has 148 valence electrons. The molecule has 7 heteroatoms. The number of amides is 1. The van der Waals surface area contributed by atoms with Crippen molar-refractivity contribution in [3.05, 3.63) is 53.1 Å². The van der Waals surface area contributed by atoms with E-state index in [1.54, 1.807) is 0 Å². The lowest BCUT2D eigenvalue weighted by atomic mass is 10.1. The fourth-order valence-electron chi connectivity index (χ4n) is 2.58. The van der Waals surface area contributed by atoms with Crippen molar-refractivity contribution in [2.45, 2.75) is 20.3 Å². The Bertz CT molecular complexity index is 862. The lowest BCUT2D eigenvalue weighted by Gasteiger charge is -2.13. The highest BCUT2D eigenvalue weighted by Gasteiger charge is 2.13. The summed E-state index contributed by atoms with van der Waals surface area (Å²) in [5, 5.41) is 2.78. The lowest BCUT2D eigenvalue weighted by Crippen LogP contribution is -2.24. The average molecular weight is 385 g/mol. The van der Waals surface area contributed by atoms with Crippen molar-refractivity contribution in [1.82, 2.24) is 0 Å². The van der Waals surface area contributed by atoms with Crippen LogP contribution in [-0.2, 0) is 20.7 Å². The number of anilines is 1. The fraction of sp³-hybridized carbons (Fsp3) is 0.286. The maximum atomic E-state index is 12.1. The molecular formula is C21H23NO6. The molecule has 1 amide bonds. The van der Waals surface area contributed by atoms with Crippen molar-refractivity contribution >= 4 is 23.9 Å². The molecule has 0 aliphatic rings. The second kappa shape index (κ2) is 10.1. The molecule has 1 N–H and O–H groups in total. The predicted molar refractivity (Wildman–Crippen MR) is 104 cm³/mol. The first-order valence-corrected chi connectivity index (χ1v) is 8.78. The van der Waals surface area contributed by atoms with Gasteiger partial charge in [0, 0.05) is 11.3 Å². The molecule has 2 aromatic carbocycles. The van der Waals surface area contributed by atoms with Gasteiger partial charge in [0.05, 0.1) is 7.11 Å². The van der Waals surface area contributed by atoms with E-state index in [9.17, 15) is 14.4 Å². The number of hydrogen-bond acceptors (Lipinski definition) is 6. The van der Waals surface area contributed by atoms with Crippen molar-refractivity contribution in [2.24, 2.45) is 0 Å². The number of carbonyl (C=O) groups excluding carboxylic acids is 3. The molecule has 2 rings (SSSR count). The highest BCUT2D eigenvalue weighted by atomic mass is 16.6. The van der Waals surface area contributed by atoms with Crippen LogP contribution >= 0.6 is 0 Å². The third-order valence-electron chi connectivity index (χ3n) is 4.04. The van der Waals surface area contributed by atoms with Crippen LogP contribution in [-0.4, -0.2) is 38.5 Å². The zero-order chi connectivity index (χ0) is 20.5. The smallest absolute Gasteiger partial charge is 0.344 e. The minimum Gasteiger partial charge on any atom is -0.493 e. The summed E-state index contributed by atoms with van der Waals surface area (Å²) in [7, 11) is 1.43. The van der Waals surface area contributed by atoms with Crippen molar-refractivity contribution < 1.29 is 28.6 Å². The summed E-state index contributed by atoms with van der Waals surface area (Å²) in [6.45, 7) is 3.09. The van der Waals surface area contributed by atoms with E-state index in [1.807, 2.05) is 32.0 Å². The van der Waals surface area contributed by atoms with E-state index in [4.69, 9.17) is 14.2 Å². The minimum absolute atomic E-state index is 0.294. The van der Waals surface area contributed by atoms with Crippen LogP contribution < -0.4 is 14.8 Å². The number of para-hydroxylation sites is 1. The van der Waals surface area contributed by atoms with E-state index in [1.165, 1.54) is 25.3 Å². The summed E-state index contributed by atoms with van der Waals surface area (Å²) in [5.74, 6) is -0.508. The molecule has 0 heterocycles. The highest BCUT2D eigenvalue weighted by Crippen LogP contribution is 2.27. The number of carbonyl (C=O) groups is 3. The van der Waals surface area contributed by atoms with Crippen molar-refractivity contribution in [2.75, 3.05) is 25.6 Å². The summed E-state index contributed by atoms with van der Waals surface area (Å²) in [4.78, 5) is 34.7. The fourth-order valence-corrected chi connectivity index (χ4v) is 2.58. The van der Waals surface area contributed by atoms with Crippen LogP contribution in [0.4, 0.5) is 5.69 Å². The number of aryl methyl sites for hydroxylation is 2. The van der Waals surface area contributed by atoms with Gasteiger partial charge in [-0.25, -0.2) is 4.79 Å². The van der Waals surface area contributed by atoms with Gasteiger partial charge in [0.25, 0.3) is 5.91 Å². The second-order valence-electron chi connectivity index (χ2n) is 5.99. The quantitative estimate of drug-likeness (QED) is 0.527. The summed E-state index contributed by atoms with van der Waals surface area (Å²) < 4.78 is 15.4. The molecule has 0 aliphatic carbocycles. The number of aldehydes is 1. The molecule has 0 spiro atoms. The van der Waals surface area contributed by atoms with Crippen LogP contribution in [0.1, 0.15) is 28.4 Å². The zero-order valence-corrected chi connectivity index (χ0v) is 16.1. The third kappa shape index (κ3) is 5.57. The Labute approximate surface area is 163 Å². The van der Waals surface area contributed by atoms with Crippen LogP contribution in [0, 0.1) is 6.92 Å². The van der Waals surface area contributed by atoms with Gasteiger partial charge < -0.3 is 19.5 Å². The molecule has 0 aromatic heterocycles. The molecule has 0 radical (unpaired) electrons. The maximum absolute atomic E-state index is 12.1. The van der Waals surface area contributed by atoms with Gasteiger partial charge in [-0.3, -0.25) is 9.59 Å². The number of ether oxygens (including phenoxy) is 3. The summed E-state index contributed by atoms with van der Waals surface area (Å²) >= 11 is 0. The van der Waals surface area contributed by atoms with Crippen LogP contribution in [0.2, 0.25) is 0 Å². The standard InChI is InChI=1S/C21H23NO6/c1-4-16-7-5-6-14(2)21(16)22-19(24)12-28-20(25)13-27-17-9-8-15(11-23)10-18(17)26-3/h5-11H,4,12-13H2,1-3H3,(H,22,24). The van der Waals surface area contributed by atoms with Gasteiger partial charge in [0.2, 0.25) is 0 Å². The molecule has 0 unspecified atom stereocenters. The van der Waals surface area contributed by atoms with Gasteiger partial charge in [-0.2, -0.15) is 0 Å². The Morgan fingerprint density at radius 2 is 1.89 bits per heavy atom. The number of nitrogens with one attached hydrogen (secondary N) is 1. The van der Waals surface area contributed by atoms with Gasteiger partial charge in [0.1, 0.15) is 6.29 Å². The van der Waals surface area contributed by atoms with E-state index in [0.29, 0.717) is 23.3 Å².